The lowest BCUT2D eigenvalue weighted by molar-refractivity contribution is 0.440. The molecule has 96 valence electrons. The van der Waals surface area contributed by atoms with Crippen LogP contribution in [0.3, 0.4) is 0 Å². The SMILES string of the molecule is CCCC1CCN(S(=O)(=O)CC(C)CCl)C1. The predicted octanol–water partition coefficient (Wildman–Crippen LogP) is 2.31. The molecule has 1 rings (SSSR count). The number of alkyl halides is 1. The topological polar surface area (TPSA) is 37.4 Å². The molecule has 16 heavy (non-hydrogen) atoms. The van der Waals surface area contributed by atoms with E-state index in [-0.39, 0.29) is 11.7 Å². The van der Waals surface area contributed by atoms with Crippen LogP contribution in [-0.4, -0.2) is 37.4 Å². The Morgan fingerprint density at radius 2 is 2.19 bits per heavy atom. The third-order valence-corrected chi connectivity index (χ3v) is 5.73. The number of halogens is 1. The standard InChI is InChI=1S/C11H22ClNO2S/c1-3-4-11-5-6-13(8-11)16(14,15)9-10(2)7-12/h10-11H,3-9H2,1-2H3. The fraction of sp³-hybridized carbons (Fsp3) is 1.00. The first-order chi connectivity index (χ1) is 7.49. The molecule has 1 fully saturated rings. The van der Waals surface area contributed by atoms with Gasteiger partial charge in [-0.05, 0) is 24.7 Å². The molecule has 0 aromatic heterocycles. The third kappa shape index (κ3) is 3.90. The highest BCUT2D eigenvalue weighted by Gasteiger charge is 2.31. The first kappa shape index (κ1) is 14.3. The molecular formula is C11H22ClNO2S. The second kappa shape index (κ2) is 6.22. The minimum absolute atomic E-state index is 0.0388. The number of nitrogens with zero attached hydrogens (tertiary/aromatic N) is 1. The Morgan fingerprint density at radius 3 is 2.75 bits per heavy atom. The van der Waals surface area contributed by atoms with E-state index in [0.29, 0.717) is 24.9 Å². The summed E-state index contributed by atoms with van der Waals surface area (Å²) in [7, 11) is -3.07. The van der Waals surface area contributed by atoms with Gasteiger partial charge in [0.2, 0.25) is 10.0 Å². The number of hydrogen-bond acceptors (Lipinski definition) is 2. The maximum absolute atomic E-state index is 12.0. The van der Waals surface area contributed by atoms with Crippen molar-refractivity contribution >= 4 is 21.6 Å². The summed E-state index contributed by atoms with van der Waals surface area (Å²) in [5, 5.41) is 0. The van der Waals surface area contributed by atoms with E-state index >= 15 is 0 Å². The van der Waals surface area contributed by atoms with Gasteiger partial charge in [0.05, 0.1) is 5.75 Å². The molecule has 0 N–H and O–H groups in total. The Labute approximate surface area is 104 Å². The second-order valence-corrected chi connectivity index (χ2v) is 7.16. The van der Waals surface area contributed by atoms with Crippen molar-refractivity contribution in [2.45, 2.75) is 33.1 Å². The van der Waals surface area contributed by atoms with Crippen molar-refractivity contribution in [1.29, 1.82) is 0 Å². The third-order valence-electron chi connectivity index (χ3n) is 3.10. The van der Waals surface area contributed by atoms with Gasteiger partial charge in [-0.2, -0.15) is 0 Å². The zero-order valence-corrected chi connectivity index (χ0v) is 11.7. The van der Waals surface area contributed by atoms with Gasteiger partial charge in [0.25, 0.3) is 0 Å². The Kier molecular flexibility index (Phi) is 5.54. The van der Waals surface area contributed by atoms with Crippen molar-refractivity contribution in [3.63, 3.8) is 0 Å². The highest BCUT2D eigenvalue weighted by Crippen LogP contribution is 2.24. The molecule has 2 atom stereocenters. The van der Waals surface area contributed by atoms with E-state index in [4.69, 9.17) is 11.6 Å². The van der Waals surface area contributed by atoms with Gasteiger partial charge in [-0.1, -0.05) is 20.3 Å². The molecule has 0 aliphatic carbocycles. The van der Waals surface area contributed by atoms with Crippen LogP contribution in [-0.2, 0) is 10.0 Å². The molecule has 1 saturated heterocycles. The lowest BCUT2D eigenvalue weighted by atomic mass is 10.0. The van der Waals surface area contributed by atoms with Gasteiger partial charge in [-0.3, -0.25) is 0 Å². The molecule has 0 aromatic rings. The fourth-order valence-corrected chi connectivity index (χ4v) is 4.31. The monoisotopic (exact) mass is 267 g/mol. The minimum atomic E-state index is -3.07. The average Bonchev–Trinajstić information content (AvgIpc) is 2.67. The molecule has 5 heteroatoms. The average molecular weight is 268 g/mol. The molecule has 1 aliphatic heterocycles. The lowest BCUT2D eigenvalue weighted by Gasteiger charge is -2.18. The summed E-state index contributed by atoms with van der Waals surface area (Å²) < 4.78 is 25.7. The fourth-order valence-electron chi connectivity index (χ4n) is 2.20. The van der Waals surface area contributed by atoms with Crippen LogP contribution < -0.4 is 0 Å². The smallest absolute Gasteiger partial charge is 0.212 e. The minimum Gasteiger partial charge on any atom is -0.212 e. The van der Waals surface area contributed by atoms with Crippen LogP contribution in [0.5, 0.6) is 0 Å². The number of sulfonamides is 1. The second-order valence-electron chi connectivity index (χ2n) is 4.84. The summed E-state index contributed by atoms with van der Waals surface area (Å²) in [6, 6.07) is 0. The summed E-state index contributed by atoms with van der Waals surface area (Å²) in [6.07, 6.45) is 3.29. The summed E-state index contributed by atoms with van der Waals surface area (Å²) in [4.78, 5) is 0. The number of hydrogen-bond donors (Lipinski definition) is 0. The maximum Gasteiger partial charge on any atom is 0.214 e. The summed E-state index contributed by atoms with van der Waals surface area (Å²) in [6.45, 7) is 5.43. The van der Waals surface area contributed by atoms with Crippen LogP contribution in [0.2, 0.25) is 0 Å². The molecule has 1 aliphatic rings. The van der Waals surface area contributed by atoms with E-state index in [1.807, 2.05) is 6.92 Å². The predicted molar refractivity (Wildman–Crippen MR) is 68.3 cm³/mol. The van der Waals surface area contributed by atoms with Gasteiger partial charge >= 0.3 is 0 Å². The summed E-state index contributed by atoms with van der Waals surface area (Å²) in [5.41, 5.74) is 0. The highest BCUT2D eigenvalue weighted by molar-refractivity contribution is 7.89. The Bertz CT molecular complexity index is 305. The molecule has 0 saturated carbocycles. The van der Waals surface area contributed by atoms with Gasteiger partial charge in [-0.25, -0.2) is 12.7 Å². The highest BCUT2D eigenvalue weighted by atomic mass is 35.5. The van der Waals surface area contributed by atoms with Crippen molar-refractivity contribution in [1.82, 2.24) is 4.31 Å². The molecule has 0 spiro atoms. The summed E-state index contributed by atoms with van der Waals surface area (Å²) in [5.74, 6) is 1.20. The van der Waals surface area contributed by atoms with Gasteiger partial charge in [0.1, 0.15) is 0 Å². The zero-order valence-electron chi connectivity index (χ0n) is 10.2. The molecule has 0 radical (unpaired) electrons. The van der Waals surface area contributed by atoms with Crippen LogP contribution in [0.15, 0.2) is 0 Å². The molecule has 1 heterocycles. The van der Waals surface area contributed by atoms with E-state index in [1.165, 1.54) is 0 Å². The number of rotatable bonds is 6. The molecule has 0 aromatic carbocycles. The van der Waals surface area contributed by atoms with E-state index < -0.39 is 10.0 Å². The largest absolute Gasteiger partial charge is 0.214 e. The van der Waals surface area contributed by atoms with Gasteiger partial charge in [-0.15, -0.1) is 11.6 Å². The van der Waals surface area contributed by atoms with Crippen molar-refractivity contribution in [3.05, 3.63) is 0 Å². The molecule has 2 unspecified atom stereocenters. The zero-order chi connectivity index (χ0) is 12.2. The van der Waals surface area contributed by atoms with Crippen molar-refractivity contribution in [2.24, 2.45) is 11.8 Å². The van der Waals surface area contributed by atoms with Crippen molar-refractivity contribution in [2.75, 3.05) is 24.7 Å². The maximum atomic E-state index is 12.0. The Hall–Kier alpha value is 0.200. The van der Waals surface area contributed by atoms with E-state index in [2.05, 4.69) is 6.92 Å². The van der Waals surface area contributed by atoms with Crippen LogP contribution in [0.4, 0.5) is 0 Å². The normalized spacial score (nSPS) is 24.8. The van der Waals surface area contributed by atoms with Crippen LogP contribution in [0, 0.1) is 11.8 Å². The van der Waals surface area contributed by atoms with E-state index in [0.717, 1.165) is 19.3 Å². The quantitative estimate of drug-likeness (QED) is 0.693. The van der Waals surface area contributed by atoms with Crippen LogP contribution in [0.1, 0.15) is 33.1 Å². The van der Waals surface area contributed by atoms with Crippen molar-refractivity contribution < 1.29 is 8.42 Å². The molecule has 3 nitrogen and oxygen atoms in total. The van der Waals surface area contributed by atoms with Gasteiger partial charge < -0.3 is 0 Å². The molecular weight excluding hydrogens is 246 g/mol. The van der Waals surface area contributed by atoms with E-state index in [1.54, 1.807) is 4.31 Å². The van der Waals surface area contributed by atoms with Gasteiger partial charge in [0, 0.05) is 19.0 Å². The van der Waals surface area contributed by atoms with Crippen LogP contribution >= 0.6 is 11.6 Å². The first-order valence-corrected chi connectivity index (χ1v) is 8.17. The van der Waals surface area contributed by atoms with E-state index in [9.17, 15) is 8.42 Å². The lowest BCUT2D eigenvalue weighted by Crippen LogP contribution is -2.33. The molecule has 0 bridgehead atoms. The van der Waals surface area contributed by atoms with Crippen molar-refractivity contribution in [3.8, 4) is 0 Å². The summed E-state index contributed by atoms with van der Waals surface area (Å²) >= 11 is 5.66. The molecule has 0 amide bonds. The Morgan fingerprint density at radius 1 is 1.50 bits per heavy atom. The first-order valence-electron chi connectivity index (χ1n) is 6.03. The Balaban J connectivity index is 2.52. The van der Waals surface area contributed by atoms with Crippen LogP contribution in [0.25, 0.3) is 0 Å². The van der Waals surface area contributed by atoms with Gasteiger partial charge in [0.15, 0.2) is 0 Å².